The predicted molar refractivity (Wildman–Crippen MR) is 77.6 cm³/mol. The van der Waals surface area contributed by atoms with Crippen LogP contribution in [0.3, 0.4) is 0 Å². The van der Waals surface area contributed by atoms with Gasteiger partial charge in [-0.1, -0.05) is 6.07 Å². The van der Waals surface area contributed by atoms with Gasteiger partial charge in [-0.25, -0.2) is 31.3 Å². The second kappa shape index (κ2) is 5.60. The van der Waals surface area contributed by atoms with Crippen LogP contribution in [-0.2, 0) is 20.0 Å². The van der Waals surface area contributed by atoms with Crippen molar-refractivity contribution in [2.45, 2.75) is 5.03 Å². The lowest BCUT2D eigenvalue weighted by Gasteiger charge is -2.07. The number of nitrogens with two attached hydrogens (primary N) is 1. The molecule has 2 aromatic rings. The Morgan fingerprint density at radius 3 is 2.52 bits per heavy atom. The monoisotopic (exact) mass is 333 g/mol. The molecule has 0 aromatic carbocycles. The summed E-state index contributed by atoms with van der Waals surface area (Å²) in [4.78, 5) is 3.96. The summed E-state index contributed by atoms with van der Waals surface area (Å²) >= 11 is 0. The lowest BCUT2D eigenvalue weighted by Crippen LogP contribution is -2.34. The number of anilines is 1. The van der Waals surface area contributed by atoms with Crippen LogP contribution in [0.1, 0.15) is 0 Å². The van der Waals surface area contributed by atoms with Crippen molar-refractivity contribution in [2.24, 2.45) is 0 Å². The van der Waals surface area contributed by atoms with Crippen LogP contribution in [-0.4, -0.2) is 45.6 Å². The summed E-state index contributed by atoms with van der Waals surface area (Å²) < 4.78 is 52.0. The fourth-order valence-electron chi connectivity index (χ4n) is 1.75. The Morgan fingerprint density at radius 2 is 1.86 bits per heavy atom. The first-order chi connectivity index (χ1) is 9.71. The van der Waals surface area contributed by atoms with Crippen molar-refractivity contribution < 1.29 is 16.8 Å². The molecule has 2 heterocycles. The summed E-state index contributed by atoms with van der Waals surface area (Å²) in [7, 11) is -7.27. The molecule has 4 N–H and O–H groups in total. The number of rotatable bonds is 6. The van der Waals surface area contributed by atoms with Gasteiger partial charge in [-0.2, -0.15) is 0 Å². The van der Waals surface area contributed by atoms with Crippen molar-refractivity contribution >= 4 is 31.5 Å². The highest BCUT2D eigenvalue weighted by molar-refractivity contribution is 7.89. The first-order valence-corrected chi connectivity index (χ1v) is 9.25. The van der Waals surface area contributed by atoms with Crippen molar-refractivity contribution in [1.29, 1.82) is 0 Å². The highest BCUT2D eigenvalue weighted by Crippen LogP contribution is 2.19. The molecule has 0 aliphatic rings. The summed E-state index contributed by atoms with van der Waals surface area (Å²) in [5, 5.41) is -0.169. The van der Waals surface area contributed by atoms with Gasteiger partial charge in [0, 0.05) is 19.3 Å². The van der Waals surface area contributed by atoms with Gasteiger partial charge < -0.3 is 5.73 Å². The van der Waals surface area contributed by atoms with E-state index in [4.69, 9.17) is 5.73 Å². The van der Waals surface area contributed by atoms with Crippen LogP contribution < -0.4 is 15.2 Å². The second-order valence-electron chi connectivity index (χ2n) is 4.30. The Labute approximate surface area is 122 Å². The zero-order valence-electron chi connectivity index (χ0n) is 11.1. The number of aromatic nitrogens is 2. The van der Waals surface area contributed by atoms with E-state index >= 15 is 0 Å². The van der Waals surface area contributed by atoms with Gasteiger partial charge >= 0.3 is 0 Å². The van der Waals surface area contributed by atoms with Gasteiger partial charge in [-0.3, -0.25) is 4.40 Å². The number of nitrogen functional groups attached to an aromatic ring is 1. The fraction of sp³-hybridized carbons (Fsp3) is 0.300. The van der Waals surface area contributed by atoms with Crippen LogP contribution >= 0.6 is 0 Å². The standard InChI is InChI=1S/C10H15N5O4S2/c1-20(16,17)12-5-6-13-21(18,19)10-9(11)14-8-4-2-3-7-15(8)10/h2-4,7,12-13H,5-6,11H2,1H3. The number of nitrogens with one attached hydrogen (secondary N) is 2. The third-order valence-electron chi connectivity index (χ3n) is 2.55. The molecule has 0 atom stereocenters. The van der Waals surface area contributed by atoms with Gasteiger partial charge in [0.15, 0.2) is 10.8 Å². The maximum atomic E-state index is 12.2. The number of hydrogen-bond acceptors (Lipinski definition) is 6. The lowest BCUT2D eigenvalue weighted by atomic mass is 10.5. The molecule has 0 unspecified atom stereocenters. The van der Waals surface area contributed by atoms with Crippen LogP contribution in [0.15, 0.2) is 29.4 Å². The molecular weight excluding hydrogens is 318 g/mol. The Kier molecular flexibility index (Phi) is 4.18. The van der Waals surface area contributed by atoms with Crippen LogP contribution in [0.2, 0.25) is 0 Å². The van der Waals surface area contributed by atoms with Gasteiger partial charge in [0.1, 0.15) is 5.65 Å². The topological polar surface area (TPSA) is 136 Å². The number of hydrogen-bond donors (Lipinski definition) is 3. The molecule has 2 rings (SSSR count). The van der Waals surface area contributed by atoms with E-state index < -0.39 is 20.0 Å². The van der Waals surface area contributed by atoms with Crippen molar-refractivity contribution in [3.8, 4) is 0 Å². The van der Waals surface area contributed by atoms with E-state index in [0.29, 0.717) is 5.65 Å². The third kappa shape index (κ3) is 3.69. The second-order valence-corrected chi connectivity index (χ2v) is 7.81. The summed E-state index contributed by atoms with van der Waals surface area (Å²) in [5.41, 5.74) is 6.06. The number of imidazole rings is 1. The van der Waals surface area contributed by atoms with Gasteiger partial charge in [-0.15, -0.1) is 0 Å². The average molecular weight is 333 g/mol. The molecule has 0 fully saturated rings. The molecule has 0 saturated carbocycles. The Hall–Kier alpha value is -1.69. The molecule has 11 heteroatoms. The van der Waals surface area contributed by atoms with Crippen molar-refractivity contribution in [2.75, 3.05) is 25.1 Å². The van der Waals surface area contributed by atoms with E-state index in [1.54, 1.807) is 18.2 Å². The first-order valence-electron chi connectivity index (χ1n) is 5.87. The fourth-order valence-corrected chi connectivity index (χ4v) is 3.46. The molecule has 0 aliphatic heterocycles. The van der Waals surface area contributed by atoms with E-state index in [9.17, 15) is 16.8 Å². The molecule has 0 amide bonds. The van der Waals surface area contributed by atoms with Gasteiger partial charge in [0.2, 0.25) is 10.0 Å². The molecule has 2 aromatic heterocycles. The zero-order valence-corrected chi connectivity index (χ0v) is 12.8. The van der Waals surface area contributed by atoms with Crippen LogP contribution in [0.5, 0.6) is 0 Å². The average Bonchev–Trinajstić information content (AvgIpc) is 2.70. The largest absolute Gasteiger partial charge is 0.381 e. The molecule has 21 heavy (non-hydrogen) atoms. The molecule has 0 aliphatic carbocycles. The number of pyridine rings is 1. The van der Waals surface area contributed by atoms with Crippen molar-refractivity contribution in [3.05, 3.63) is 24.4 Å². The smallest absolute Gasteiger partial charge is 0.260 e. The molecule has 9 nitrogen and oxygen atoms in total. The van der Waals surface area contributed by atoms with Crippen LogP contribution in [0.4, 0.5) is 5.82 Å². The molecule has 116 valence electrons. The van der Waals surface area contributed by atoms with E-state index in [1.165, 1.54) is 10.6 Å². The number of fused-ring (bicyclic) bond motifs is 1. The van der Waals surface area contributed by atoms with Crippen molar-refractivity contribution in [1.82, 2.24) is 18.8 Å². The Morgan fingerprint density at radius 1 is 1.19 bits per heavy atom. The highest BCUT2D eigenvalue weighted by Gasteiger charge is 2.23. The summed E-state index contributed by atoms with van der Waals surface area (Å²) in [6.45, 7) is -0.163. The quantitative estimate of drug-likeness (QED) is 0.565. The predicted octanol–water partition coefficient (Wildman–Crippen LogP) is -1.26. The lowest BCUT2D eigenvalue weighted by molar-refractivity contribution is 0.570. The van der Waals surface area contributed by atoms with E-state index in [0.717, 1.165) is 6.26 Å². The minimum Gasteiger partial charge on any atom is -0.381 e. The Bertz CT molecular complexity index is 857. The van der Waals surface area contributed by atoms with Crippen molar-refractivity contribution in [3.63, 3.8) is 0 Å². The maximum absolute atomic E-state index is 12.2. The molecule has 0 saturated heterocycles. The van der Waals surface area contributed by atoms with E-state index in [-0.39, 0.29) is 23.9 Å². The zero-order chi connectivity index (χ0) is 15.7. The van der Waals surface area contributed by atoms with E-state index in [2.05, 4.69) is 14.4 Å². The van der Waals surface area contributed by atoms with Crippen LogP contribution in [0.25, 0.3) is 5.65 Å². The summed E-state index contributed by atoms with van der Waals surface area (Å²) in [5.74, 6) is -0.121. The first kappa shape index (κ1) is 15.7. The van der Waals surface area contributed by atoms with Crippen LogP contribution in [0, 0.1) is 0 Å². The SMILES string of the molecule is CS(=O)(=O)NCCNS(=O)(=O)c1c(N)nc2ccccn12. The molecule has 0 bridgehead atoms. The molecular formula is C10H15N5O4S2. The number of sulfonamides is 2. The minimum absolute atomic E-state index is 0.0608. The minimum atomic E-state index is -3.90. The molecule has 0 spiro atoms. The van der Waals surface area contributed by atoms with Gasteiger partial charge in [0.25, 0.3) is 10.0 Å². The normalized spacial score (nSPS) is 12.8. The third-order valence-corrected chi connectivity index (χ3v) is 4.77. The number of nitrogens with zero attached hydrogens (tertiary/aromatic N) is 2. The Balaban J connectivity index is 2.20. The van der Waals surface area contributed by atoms with E-state index in [1.807, 2.05) is 0 Å². The van der Waals surface area contributed by atoms with Gasteiger partial charge in [0.05, 0.1) is 6.26 Å². The summed E-state index contributed by atoms with van der Waals surface area (Å²) in [6, 6.07) is 4.99. The highest BCUT2D eigenvalue weighted by atomic mass is 32.2. The maximum Gasteiger partial charge on any atom is 0.260 e. The molecule has 0 radical (unpaired) electrons. The van der Waals surface area contributed by atoms with Gasteiger partial charge in [-0.05, 0) is 12.1 Å². The summed E-state index contributed by atoms with van der Waals surface area (Å²) in [6.07, 6.45) is 2.52.